The number of aliphatic carboxylic acids is 1. The zero-order valence-corrected chi connectivity index (χ0v) is 9.80. The Morgan fingerprint density at radius 3 is 2.78 bits per heavy atom. The van der Waals surface area contributed by atoms with Crippen LogP contribution in [0.25, 0.3) is 0 Å². The minimum Gasteiger partial charge on any atom is -0.480 e. The molecule has 8 nitrogen and oxygen atoms in total. The van der Waals surface area contributed by atoms with Gasteiger partial charge in [-0.1, -0.05) is 0 Å². The number of aliphatic hydroxyl groups is 1. The van der Waals surface area contributed by atoms with Crippen molar-refractivity contribution in [3.8, 4) is 0 Å². The summed E-state index contributed by atoms with van der Waals surface area (Å²) in [4.78, 5) is 28.1. The molecule has 98 valence electrons. The monoisotopic (exact) mass is 254 g/mol. The topological polar surface area (TPSA) is 109 Å². The third-order valence-corrected chi connectivity index (χ3v) is 3.04. The highest BCUT2D eigenvalue weighted by molar-refractivity contribution is 5.86. The zero-order chi connectivity index (χ0) is 13.3. The van der Waals surface area contributed by atoms with E-state index in [-0.39, 0.29) is 18.9 Å². The van der Waals surface area contributed by atoms with Gasteiger partial charge in [0.1, 0.15) is 24.7 Å². The van der Waals surface area contributed by atoms with Gasteiger partial charge in [0.05, 0.1) is 6.10 Å². The number of likely N-dealkylation sites (tertiary alicyclic amines) is 1. The van der Waals surface area contributed by atoms with Crippen molar-refractivity contribution >= 4 is 11.9 Å². The van der Waals surface area contributed by atoms with Gasteiger partial charge in [-0.3, -0.25) is 4.79 Å². The summed E-state index contributed by atoms with van der Waals surface area (Å²) in [6, 6.07) is -1.61. The number of carboxylic acids is 1. The second kappa shape index (κ2) is 4.73. The maximum Gasteiger partial charge on any atom is 0.326 e. The molecule has 0 bridgehead atoms. The molecule has 18 heavy (non-hydrogen) atoms. The first kappa shape index (κ1) is 12.5. The first-order valence-corrected chi connectivity index (χ1v) is 5.56. The third-order valence-electron chi connectivity index (χ3n) is 3.04. The van der Waals surface area contributed by atoms with Crippen molar-refractivity contribution in [2.45, 2.75) is 31.5 Å². The van der Waals surface area contributed by atoms with Crippen molar-refractivity contribution in [1.29, 1.82) is 0 Å². The van der Waals surface area contributed by atoms with Crippen LogP contribution in [0.2, 0.25) is 0 Å². The molecule has 1 aliphatic rings. The highest BCUT2D eigenvalue weighted by Gasteiger charge is 2.40. The Kier molecular flexibility index (Phi) is 3.28. The number of carbonyl (C=O) groups excluding carboxylic acids is 1. The van der Waals surface area contributed by atoms with Crippen molar-refractivity contribution in [3.63, 3.8) is 0 Å². The predicted molar refractivity (Wildman–Crippen MR) is 58.5 cm³/mol. The highest BCUT2D eigenvalue weighted by Crippen LogP contribution is 2.21. The maximum absolute atomic E-state index is 12.2. The zero-order valence-electron chi connectivity index (χ0n) is 9.80. The van der Waals surface area contributed by atoms with Crippen LogP contribution in [0.1, 0.15) is 19.4 Å². The summed E-state index contributed by atoms with van der Waals surface area (Å²) >= 11 is 0. The van der Waals surface area contributed by atoms with Gasteiger partial charge < -0.3 is 15.1 Å². The number of aromatic nitrogens is 3. The molecule has 0 aromatic carbocycles. The smallest absolute Gasteiger partial charge is 0.326 e. The van der Waals surface area contributed by atoms with Crippen LogP contribution in [-0.2, 0) is 9.59 Å². The fraction of sp³-hybridized carbons (Fsp3) is 0.600. The summed E-state index contributed by atoms with van der Waals surface area (Å²) in [5, 5.41) is 22.4. The molecule has 0 spiro atoms. The van der Waals surface area contributed by atoms with Crippen molar-refractivity contribution in [2.24, 2.45) is 0 Å². The highest BCUT2D eigenvalue weighted by atomic mass is 16.4. The van der Waals surface area contributed by atoms with Gasteiger partial charge in [0.25, 0.3) is 0 Å². The van der Waals surface area contributed by atoms with Crippen LogP contribution in [0.15, 0.2) is 12.7 Å². The summed E-state index contributed by atoms with van der Waals surface area (Å²) in [6.45, 7) is 1.65. The van der Waals surface area contributed by atoms with Gasteiger partial charge in [-0.25, -0.2) is 14.5 Å². The van der Waals surface area contributed by atoms with Gasteiger partial charge in [0.2, 0.25) is 5.91 Å². The van der Waals surface area contributed by atoms with E-state index >= 15 is 0 Å². The molecule has 8 heteroatoms. The fourth-order valence-corrected chi connectivity index (χ4v) is 2.06. The normalized spacial score (nSPS) is 25.1. The van der Waals surface area contributed by atoms with Crippen LogP contribution in [0.4, 0.5) is 0 Å². The third kappa shape index (κ3) is 2.19. The number of nitrogens with zero attached hydrogens (tertiary/aromatic N) is 4. The molecule has 1 fully saturated rings. The molecular formula is C10H14N4O4. The summed E-state index contributed by atoms with van der Waals surface area (Å²) in [7, 11) is 0. The molecule has 1 aromatic heterocycles. The number of carbonyl (C=O) groups is 2. The Morgan fingerprint density at radius 2 is 2.22 bits per heavy atom. The molecule has 2 rings (SSSR count). The van der Waals surface area contributed by atoms with E-state index < -0.39 is 24.2 Å². The van der Waals surface area contributed by atoms with Gasteiger partial charge in [-0.2, -0.15) is 5.10 Å². The lowest BCUT2D eigenvalue weighted by Crippen LogP contribution is -2.43. The van der Waals surface area contributed by atoms with Crippen LogP contribution < -0.4 is 0 Å². The summed E-state index contributed by atoms with van der Waals surface area (Å²) in [5.41, 5.74) is 0. The Hall–Kier alpha value is -1.96. The average molecular weight is 254 g/mol. The van der Waals surface area contributed by atoms with Crippen LogP contribution in [0, 0.1) is 0 Å². The Bertz CT molecular complexity index is 447. The van der Waals surface area contributed by atoms with Crippen molar-refractivity contribution in [1.82, 2.24) is 19.7 Å². The van der Waals surface area contributed by atoms with Crippen LogP contribution in [0.3, 0.4) is 0 Å². The minimum absolute atomic E-state index is 0.0365. The van der Waals surface area contributed by atoms with Crippen molar-refractivity contribution in [3.05, 3.63) is 12.7 Å². The maximum atomic E-state index is 12.2. The van der Waals surface area contributed by atoms with E-state index in [4.69, 9.17) is 5.11 Å². The first-order chi connectivity index (χ1) is 8.50. The van der Waals surface area contributed by atoms with Crippen molar-refractivity contribution in [2.75, 3.05) is 6.54 Å². The molecule has 1 amide bonds. The van der Waals surface area contributed by atoms with Gasteiger partial charge in [-0.15, -0.1) is 0 Å². The molecule has 1 aromatic rings. The van der Waals surface area contributed by atoms with Gasteiger partial charge in [-0.05, 0) is 6.92 Å². The molecule has 1 saturated heterocycles. The van der Waals surface area contributed by atoms with Crippen LogP contribution in [0.5, 0.6) is 0 Å². The van der Waals surface area contributed by atoms with Gasteiger partial charge in [0.15, 0.2) is 0 Å². The van der Waals surface area contributed by atoms with E-state index in [1.165, 1.54) is 22.2 Å². The van der Waals surface area contributed by atoms with Crippen LogP contribution >= 0.6 is 0 Å². The van der Waals surface area contributed by atoms with Crippen LogP contribution in [-0.4, -0.2) is 60.4 Å². The second-order valence-electron chi connectivity index (χ2n) is 4.29. The van der Waals surface area contributed by atoms with E-state index in [1.807, 2.05) is 0 Å². The second-order valence-corrected chi connectivity index (χ2v) is 4.29. The van der Waals surface area contributed by atoms with E-state index in [9.17, 15) is 14.7 Å². The standard InChI is InChI=1S/C10H14N4O4/c1-6(14-5-11-4-12-14)9(16)13-3-7(15)2-8(13)10(17)18/h4-8,15H,2-3H2,1H3,(H,17,18)/t6?,7-,8-/m0/s1. The molecule has 0 radical (unpaired) electrons. The molecule has 2 N–H and O–H groups in total. The number of hydrogen-bond acceptors (Lipinski definition) is 5. The number of β-amino-alcohol motifs (C(OH)–C–C–N with tert-alkyl or cyclic N) is 1. The largest absolute Gasteiger partial charge is 0.480 e. The lowest BCUT2D eigenvalue weighted by molar-refractivity contribution is -0.149. The van der Waals surface area contributed by atoms with Gasteiger partial charge >= 0.3 is 5.97 Å². The molecule has 1 aliphatic heterocycles. The molecule has 3 atom stereocenters. The molecule has 1 unspecified atom stereocenters. The quantitative estimate of drug-likeness (QED) is 0.707. The number of hydrogen-bond donors (Lipinski definition) is 2. The molecular weight excluding hydrogens is 240 g/mol. The van der Waals surface area contributed by atoms with E-state index in [2.05, 4.69) is 10.1 Å². The minimum atomic E-state index is -1.11. The van der Waals surface area contributed by atoms with E-state index in [0.29, 0.717) is 0 Å². The average Bonchev–Trinajstić information content (AvgIpc) is 2.95. The van der Waals surface area contributed by atoms with E-state index in [1.54, 1.807) is 6.92 Å². The molecule has 0 saturated carbocycles. The Labute approximate surface area is 103 Å². The predicted octanol–water partition coefficient (Wildman–Crippen LogP) is -1.11. The summed E-state index contributed by atoms with van der Waals surface area (Å²) < 4.78 is 1.35. The lowest BCUT2D eigenvalue weighted by atomic mass is 10.2. The number of rotatable bonds is 3. The Balaban J connectivity index is 2.15. The molecule has 2 heterocycles. The van der Waals surface area contributed by atoms with E-state index in [0.717, 1.165) is 0 Å². The number of amides is 1. The Morgan fingerprint density at radius 1 is 1.50 bits per heavy atom. The number of aliphatic hydroxyl groups excluding tert-OH is 1. The van der Waals surface area contributed by atoms with Crippen molar-refractivity contribution < 1.29 is 19.8 Å². The van der Waals surface area contributed by atoms with Gasteiger partial charge in [0, 0.05) is 13.0 Å². The fourth-order valence-electron chi connectivity index (χ4n) is 2.06. The summed E-state index contributed by atoms with van der Waals surface area (Å²) in [6.07, 6.45) is 1.96. The lowest BCUT2D eigenvalue weighted by Gasteiger charge is -2.24. The summed E-state index contributed by atoms with van der Waals surface area (Å²) in [5.74, 6) is -1.49. The SMILES string of the molecule is CC(C(=O)N1C[C@@H](O)C[C@H]1C(=O)O)n1cncn1. The first-order valence-electron chi connectivity index (χ1n) is 5.56. The molecule has 0 aliphatic carbocycles. The number of carboxylic acid groups (broad SMARTS) is 1.